The quantitative estimate of drug-likeness (QED) is 0.837. The number of methoxy groups -OCH3 is 1. The molecule has 1 heterocycles. The molecule has 26 heavy (non-hydrogen) atoms. The molecular weight excluding hydrogens is 373 g/mol. The number of carbonyl (C=O) groups is 1. The van der Waals surface area contributed by atoms with Crippen molar-refractivity contribution in [3.8, 4) is 5.75 Å². The number of nitrogens with one attached hydrogen (secondary N) is 2. The second-order valence-corrected chi connectivity index (χ2v) is 7.23. The van der Waals surface area contributed by atoms with Gasteiger partial charge in [-0.1, -0.05) is 35.3 Å². The first-order valence-corrected chi connectivity index (χ1v) is 9.25. The number of piperazine rings is 1. The second-order valence-electron chi connectivity index (χ2n) is 6.38. The van der Waals surface area contributed by atoms with Gasteiger partial charge in [-0.05, 0) is 24.3 Å². The standard InChI is InChI=1S/C19H21Cl2N3O2/c1-23-7-9-24(10-8-23)17-6-4-3-5-16(17)22-19(25)14-11-13(20)12-15(21)18(14)26-2/h3-6,11-12H,7-10H2,1-2H3,(H,22,25)/p+1. The van der Waals surface area contributed by atoms with E-state index < -0.39 is 0 Å². The van der Waals surface area contributed by atoms with Gasteiger partial charge in [-0.3, -0.25) is 4.79 Å². The number of likely N-dealkylation sites (N-methyl/N-ethyl adjacent to an activating group) is 1. The summed E-state index contributed by atoms with van der Waals surface area (Å²) in [6, 6.07) is 10.9. The first kappa shape index (κ1) is 18.8. The molecule has 0 aliphatic carbocycles. The summed E-state index contributed by atoms with van der Waals surface area (Å²) in [5.74, 6) is 0.00713. The fourth-order valence-electron chi connectivity index (χ4n) is 3.11. The van der Waals surface area contributed by atoms with E-state index in [-0.39, 0.29) is 5.91 Å². The molecule has 2 aromatic carbocycles. The molecule has 0 atom stereocenters. The lowest BCUT2D eigenvalue weighted by Crippen LogP contribution is -3.12. The van der Waals surface area contributed by atoms with Crippen LogP contribution in [0.4, 0.5) is 11.4 Å². The monoisotopic (exact) mass is 394 g/mol. The Kier molecular flexibility index (Phi) is 5.91. The number of carbonyl (C=O) groups excluding carboxylic acids is 1. The summed E-state index contributed by atoms with van der Waals surface area (Å²) in [5, 5.41) is 3.67. The largest absolute Gasteiger partial charge is 0.494 e. The van der Waals surface area contributed by atoms with E-state index >= 15 is 0 Å². The topological polar surface area (TPSA) is 46.0 Å². The fraction of sp³-hybridized carbons (Fsp3) is 0.316. The number of amides is 1. The van der Waals surface area contributed by atoms with Crippen LogP contribution >= 0.6 is 23.2 Å². The normalized spacial score (nSPS) is 15.0. The maximum atomic E-state index is 12.9. The van der Waals surface area contributed by atoms with Crippen molar-refractivity contribution < 1.29 is 14.4 Å². The Hall–Kier alpha value is -1.95. The molecule has 1 saturated heterocycles. The molecular formula is C19H22Cl2N3O2+. The van der Waals surface area contributed by atoms with E-state index in [0.717, 1.165) is 37.6 Å². The number of para-hydroxylation sites is 2. The molecule has 0 bridgehead atoms. The first-order valence-electron chi connectivity index (χ1n) is 8.49. The van der Waals surface area contributed by atoms with Gasteiger partial charge in [0.1, 0.15) is 5.75 Å². The minimum absolute atomic E-state index is 0.306. The average Bonchev–Trinajstić information content (AvgIpc) is 2.62. The summed E-state index contributed by atoms with van der Waals surface area (Å²) in [6.45, 7) is 4.04. The zero-order valence-corrected chi connectivity index (χ0v) is 16.3. The number of rotatable bonds is 4. The van der Waals surface area contributed by atoms with Crippen LogP contribution in [0.5, 0.6) is 5.75 Å². The Morgan fingerprint density at radius 2 is 1.88 bits per heavy atom. The molecule has 3 rings (SSSR count). The van der Waals surface area contributed by atoms with Gasteiger partial charge in [0.2, 0.25) is 0 Å². The molecule has 138 valence electrons. The minimum atomic E-state index is -0.307. The molecule has 1 aliphatic rings. The third kappa shape index (κ3) is 4.06. The molecule has 0 radical (unpaired) electrons. The maximum Gasteiger partial charge on any atom is 0.259 e. The zero-order valence-electron chi connectivity index (χ0n) is 14.8. The van der Waals surface area contributed by atoms with Crippen molar-refractivity contribution in [2.24, 2.45) is 0 Å². The number of nitrogens with zero attached hydrogens (tertiary/aromatic N) is 1. The van der Waals surface area contributed by atoms with E-state index in [0.29, 0.717) is 21.4 Å². The molecule has 0 spiro atoms. The highest BCUT2D eigenvalue weighted by atomic mass is 35.5. The van der Waals surface area contributed by atoms with Crippen LogP contribution in [0.25, 0.3) is 0 Å². The van der Waals surface area contributed by atoms with Crippen LogP contribution in [0, 0.1) is 0 Å². The molecule has 0 unspecified atom stereocenters. The van der Waals surface area contributed by atoms with Crippen LogP contribution in [0.3, 0.4) is 0 Å². The Morgan fingerprint density at radius 3 is 2.58 bits per heavy atom. The predicted octanol–water partition coefficient (Wildman–Crippen LogP) is 2.59. The summed E-state index contributed by atoms with van der Waals surface area (Å²) in [7, 11) is 3.67. The van der Waals surface area contributed by atoms with Crippen LogP contribution in [0.1, 0.15) is 10.4 Å². The van der Waals surface area contributed by atoms with Crippen molar-refractivity contribution in [3.05, 3.63) is 52.0 Å². The van der Waals surface area contributed by atoms with Crippen molar-refractivity contribution in [1.29, 1.82) is 0 Å². The van der Waals surface area contributed by atoms with Crippen LogP contribution in [0.15, 0.2) is 36.4 Å². The van der Waals surface area contributed by atoms with E-state index in [1.54, 1.807) is 12.1 Å². The Balaban J connectivity index is 1.87. The van der Waals surface area contributed by atoms with Gasteiger partial charge in [-0.15, -0.1) is 0 Å². The predicted molar refractivity (Wildman–Crippen MR) is 106 cm³/mol. The summed E-state index contributed by atoms with van der Waals surface area (Å²) in [5.41, 5.74) is 2.08. The van der Waals surface area contributed by atoms with E-state index in [2.05, 4.69) is 17.3 Å². The average molecular weight is 395 g/mol. The van der Waals surface area contributed by atoms with E-state index in [4.69, 9.17) is 27.9 Å². The number of benzene rings is 2. The van der Waals surface area contributed by atoms with E-state index in [1.807, 2.05) is 24.3 Å². The van der Waals surface area contributed by atoms with Crippen molar-refractivity contribution in [3.63, 3.8) is 0 Å². The van der Waals surface area contributed by atoms with Gasteiger partial charge >= 0.3 is 0 Å². The van der Waals surface area contributed by atoms with Gasteiger partial charge in [0.25, 0.3) is 5.91 Å². The number of hydrogen-bond acceptors (Lipinski definition) is 3. The molecule has 1 amide bonds. The molecule has 5 nitrogen and oxygen atoms in total. The van der Waals surface area contributed by atoms with Crippen molar-refractivity contribution >= 4 is 40.5 Å². The molecule has 2 aromatic rings. The van der Waals surface area contributed by atoms with Crippen LogP contribution in [-0.4, -0.2) is 46.2 Å². The van der Waals surface area contributed by atoms with Crippen molar-refractivity contribution in [1.82, 2.24) is 0 Å². The Labute approximate surface area is 163 Å². The molecule has 0 saturated carbocycles. The van der Waals surface area contributed by atoms with E-state index in [1.165, 1.54) is 12.0 Å². The van der Waals surface area contributed by atoms with Gasteiger partial charge in [0.15, 0.2) is 0 Å². The lowest BCUT2D eigenvalue weighted by Gasteiger charge is -2.33. The summed E-state index contributed by atoms with van der Waals surface area (Å²) < 4.78 is 5.28. The van der Waals surface area contributed by atoms with Gasteiger partial charge in [-0.25, -0.2) is 0 Å². The van der Waals surface area contributed by atoms with Gasteiger partial charge in [0, 0.05) is 5.02 Å². The smallest absolute Gasteiger partial charge is 0.259 e. The summed E-state index contributed by atoms with van der Waals surface area (Å²) in [4.78, 5) is 16.7. The molecule has 7 heteroatoms. The van der Waals surface area contributed by atoms with Crippen LogP contribution in [0.2, 0.25) is 10.0 Å². The maximum absolute atomic E-state index is 12.9. The summed E-state index contributed by atoms with van der Waals surface area (Å²) in [6.07, 6.45) is 0. The summed E-state index contributed by atoms with van der Waals surface area (Å²) >= 11 is 12.2. The zero-order chi connectivity index (χ0) is 18.7. The highest BCUT2D eigenvalue weighted by molar-refractivity contribution is 6.36. The fourth-order valence-corrected chi connectivity index (χ4v) is 3.68. The number of ether oxygens (including phenoxy) is 1. The third-order valence-corrected chi connectivity index (χ3v) is 5.07. The van der Waals surface area contributed by atoms with Crippen LogP contribution in [-0.2, 0) is 0 Å². The molecule has 1 fully saturated rings. The lowest BCUT2D eigenvalue weighted by molar-refractivity contribution is -0.880. The lowest BCUT2D eigenvalue weighted by atomic mass is 10.1. The third-order valence-electron chi connectivity index (χ3n) is 4.57. The number of quaternary nitrogens is 1. The number of halogens is 2. The Morgan fingerprint density at radius 1 is 1.19 bits per heavy atom. The molecule has 2 N–H and O–H groups in total. The second kappa shape index (κ2) is 8.16. The highest BCUT2D eigenvalue weighted by Crippen LogP contribution is 2.33. The van der Waals surface area contributed by atoms with Gasteiger partial charge in [0.05, 0.1) is 62.3 Å². The van der Waals surface area contributed by atoms with E-state index in [9.17, 15) is 4.79 Å². The van der Waals surface area contributed by atoms with Crippen molar-refractivity contribution in [2.75, 3.05) is 50.6 Å². The van der Waals surface area contributed by atoms with Gasteiger partial charge < -0.3 is 19.9 Å². The molecule has 1 aliphatic heterocycles. The van der Waals surface area contributed by atoms with Gasteiger partial charge in [-0.2, -0.15) is 0 Å². The van der Waals surface area contributed by atoms with Crippen molar-refractivity contribution in [2.45, 2.75) is 0 Å². The number of hydrogen-bond donors (Lipinski definition) is 2. The minimum Gasteiger partial charge on any atom is -0.494 e. The SMILES string of the molecule is COc1c(Cl)cc(Cl)cc1C(=O)Nc1ccccc1N1CC[NH+](C)CC1. The first-order chi connectivity index (χ1) is 12.5. The number of anilines is 2. The highest BCUT2D eigenvalue weighted by Gasteiger charge is 2.22. The molecule has 0 aromatic heterocycles. The van der Waals surface area contributed by atoms with Crippen LogP contribution < -0.4 is 19.9 Å². The Bertz CT molecular complexity index is 805.